The van der Waals surface area contributed by atoms with Crippen LogP contribution < -0.4 is 5.63 Å². The second-order valence-electron chi connectivity index (χ2n) is 4.21. The van der Waals surface area contributed by atoms with E-state index in [-0.39, 0.29) is 5.89 Å². The van der Waals surface area contributed by atoms with Crippen LogP contribution in [0.4, 0.5) is 0 Å². The summed E-state index contributed by atoms with van der Waals surface area (Å²) in [7, 11) is 0. The van der Waals surface area contributed by atoms with Gasteiger partial charge in [-0.05, 0) is 29.8 Å². The van der Waals surface area contributed by atoms with Gasteiger partial charge < -0.3 is 4.42 Å². The van der Waals surface area contributed by atoms with Crippen LogP contribution in [0.2, 0.25) is 5.02 Å². The molecule has 3 nitrogen and oxygen atoms in total. The molecule has 0 spiro atoms. The van der Waals surface area contributed by atoms with Crippen LogP contribution in [0, 0.1) is 0 Å². The lowest BCUT2D eigenvalue weighted by Crippen LogP contribution is -2.02. The smallest absolute Gasteiger partial charge is 0.347 e. The van der Waals surface area contributed by atoms with Crippen molar-refractivity contribution in [2.45, 2.75) is 0 Å². The van der Waals surface area contributed by atoms with Crippen LogP contribution in [0.1, 0.15) is 11.5 Å². The highest BCUT2D eigenvalue weighted by Crippen LogP contribution is 2.17. The third-order valence-corrected chi connectivity index (χ3v) is 3.21. The SMILES string of the molecule is O=c1oc(/C=C/c2ccccc2Cl)nc2ccccc12. The molecule has 0 unspecified atom stereocenters. The average molecular weight is 284 g/mol. The van der Waals surface area contributed by atoms with Gasteiger partial charge in [0.25, 0.3) is 0 Å². The van der Waals surface area contributed by atoms with Gasteiger partial charge in [-0.3, -0.25) is 0 Å². The molecule has 0 aliphatic heterocycles. The van der Waals surface area contributed by atoms with E-state index < -0.39 is 5.63 Å². The summed E-state index contributed by atoms with van der Waals surface area (Å²) in [6.45, 7) is 0. The third-order valence-electron chi connectivity index (χ3n) is 2.86. The normalized spacial score (nSPS) is 11.2. The Labute approximate surface area is 120 Å². The molecule has 0 atom stereocenters. The number of para-hydroxylation sites is 1. The quantitative estimate of drug-likeness (QED) is 0.713. The molecule has 1 heterocycles. The molecule has 1 aromatic heterocycles. The van der Waals surface area contributed by atoms with E-state index in [0.29, 0.717) is 15.9 Å². The number of rotatable bonds is 2. The molecule has 0 aliphatic rings. The highest BCUT2D eigenvalue weighted by molar-refractivity contribution is 6.32. The summed E-state index contributed by atoms with van der Waals surface area (Å²) in [5, 5.41) is 1.11. The predicted octanol–water partition coefficient (Wildman–Crippen LogP) is 4.01. The first-order valence-corrected chi connectivity index (χ1v) is 6.44. The summed E-state index contributed by atoms with van der Waals surface area (Å²) in [4.78, 5) is 16.1. The standard InChI is InChI=1S/C16H10ClNO2/c17-13-7-3-1-5-11(13)9-10-15-18-14-8-4-2-6-12(14)16(19)20-15/h1-10H/b10-9+. The number of halogens is 1. The summed E-state index contributed by atoms with van der Waals surface area (Å²) in [5.74, 6) is 0.258. The summed E-state index contributed by atoms with van der Waals surface area (Å²) in [6.07, 6.45) is 3.40. The van der Waals surface area contributed by atoms with E-state index in [0.717, 1.165) is 5.56 Å². The van der Waals surface area contributed by atoms with Gasteiger partial charge in [-0.15, -0.1) is 0 Å². The van der Waals surface area contributed by atoms with Crippen molar-refractivity contribution < 1.29 is 4.42 Å². The Bertz CT molecular complexity index is 852. The highest BCUT2D eigenvalue weighted by atomic mass is 35.5. The Balaban J connectivity index is 2.04. The zero-order valence-electron chi connectivity index (χ0n) is 10.4. The van der Waals surface area contributed by atoms with Gasteiger partial charge in [0.2, 0.25) is 5.89 Å². The van der Waals surface area contributed by atoms with Gasteiger partial charge >= 0.3 is 5.63 Å². The molecule has 2 aromatic carbocycles. The fourth-order valence-electron chi connectivity index (χ4n) is 1.88. The van der Waals surface area contributed by atoms with Gasteiger partial charge in [0.05, 0.1) is 10.9 Å². The lowest BCUT2D eigenvalue weighted by Gasteiger charge is -1.98. The minimum atomic E-state index is -0.394. The maximum absolute atomic E-state index is 11.8. The molecule has 0 aliphatic carbocycles. The van der Waals surface area contributed by atoms with Crippen LogP contribution in [0.5, 0.6) is 0 Å². The van der Waals surface area contributed by atoms with Crippen molar-refractivity contribution in [3.05, 3.63) is 75.4 Å². The molecule has 0 amide bonds. The van der Waals surface area contributed by atoms with Crippen LogP contribution in [-0.2, 0) is 0 Å². The first-order valence-electron chi connectivity index (χ1n) is 6.06. The minimum Gasteiger partial charge on any atom is -0.404 e. The van der Waals surface area contributed by atoms with E-state index in [1.54, 1.807) is 36.4 Å². The molecule has 0 fully saturated rings. The molecule has 98 valence electrons. The second-order valence-corrected chi connectivity index (χ2v) is 4.62. The van der Waals surface area contributed by atoms with E-state index in [9.17, 15) is 4.79 Å². The van der Waals surface area contributed by atoms with Crippen molar-refractivity contribution in [3.8, 4) is 0 Å². The van der Waals surface area contributed by atoms with Crippen molar-refractivity contribution in [1.82, 2.24) is 4.98 Å². The first kappa shape index (κ1) is 12.6. The van der Waals surface area contributed by atoms with Crippen molar-refractivity contribution in [3.63, 3.8) is 0 Å². The molecule has 0 radical (unpaired) electrons. The Morgan fingerprint density at radius 3 is 2.60 bits per heavy atom. The Kier molecular flexibility index (Phi) is 3.35. The fourth-order valence-corrected chi connectivity index (χ4v) is 2.08. The topological polar surface area (TPSA) is 43.1 Å². The van der Waals surface area contributed by atoms with Gasteiger partial charge in [0, 0.05) is 11.1 Å². The molecule has 0 N–H and O–H groups in total. The monoisotopic (exact) mass is 283 g/mol. The molecule has 0 bridgehead atoms. The van der Waals surface area contributed by atoms with E-state index >= 15 is 0 Å². The maximum Gasteiger partial charge on any atom is 0.347 e. The number of hydrogen-bond acceptors (Lipinski definition) is 3. The maximum atomic E-state index is 11.8. The Hall–Kier alpha value is -2.39. The number of aromatic nitrogens is 1. The summed E-state index contributed by atoms with van der Waals surface area (Å²) >= 11 is 6.05. The van der Waals surface area contributed by atoms with Crippen LogP contribution in [0.3, 0.4) is 0 Å². The molecular weight excluding hydrogens is 274 g/mol. The number of benzene rings is 2. The van der Waals surface area contributed by atoms with Crippen LogP contribution in [0.25, 0.3) is 23.1 Å². The van der Waals surface area contributed by atoms with Crippen molar-refractivity contribution in [2.75, 3.05) is 0 Å². The van der Waals surface area contributed by atoms with Gasteiger partial charge in [-0.2, -0.15) is 0 Å². The van der Waals surface area contributed by atoms with Gasteiger partial charge in [0.15, 0.2) is 0 Å². The van der Waals surface area contributed by atoms with Crippen LogP contribution >= 0.6 is 11.6 Å². The molecular formula is C16H10ClNO2. The number of nitrogens with zero attached hydrogens (tertiary/aromatic N) is 1. The largest absolute Gasteiger partial charge is 0.404 e. The molecule has 3 aromatic rings. The molecule has 20 heavy (non-hydrogen) atoms. The number of fused-ring (bicyclic) bond motifs is 1. The number of hydrogen-bond donors (Lipinski definition) is 0. The van der Waals surface area contributed by atoms with E-state index in [1.807, 2.05) is 24.3 Å². The summed E-state index contributed by atoms with van der Waals surface area (Å²) < 4.78 is 5.16. The van der Waals surface area contributed by atoms with Gasteiger partial charge in [-0.25, -0.2) is 9.78 Å². The lowest BCUT2D eigenvalue weighted by molar-refractivity contribution is 0.491. The molecule has 3 rings (SSSR count). The third kappa shape index (κ3) is 2.49. The van der Waals surface area contributed by atoms with E-state index in [1.165, 1.54) is 0 Å². The summed E-state index contributed by atoms with van der Waals surface area (Å²) in [6, 6.07) is 14.5. The van der Waals surface area contributed by atoms with Gasteiger partial charge in [-0.1, -0.05) is 41.9 Å². The van der Waals surface area contributed by atoms with Gasteiger partial charge in [0.1, 0.15) is 0 Å². The first-order chi connectivity index (χ1) is 9.74. The van der Waals surface area contributed by atoms with Crippen molar-refractivity contribution in [2.24, 2.45) is 0 Å². The zero-order valence-corrected chi connectivity index (χ0v) is 11.2. The fraction of sp³-hybridized carbons (Fsp3) is 0. The lowest BCUT2D eigenvalue weighted by atomic mass is 10.2. The van der Waals surface area contributed by atoms with Crippen molar-refractivity contribution in [1.29, 1.82) is 0 Å². The van der Waals surface area contributed by atoms with Crippen molar-refractivity contribution >= 4 is 34.7 Å². The average Bonchev–Trinajstić information content (AvgIpc) is 2.46. The van der Waals surface area contributed by atoms with Crippen LogP contribution in [0.15, 0.2) is 57.7 Å². The van der Waals surface area contributed by atoms with E-state index in [4.69, 9.17) is 16.0 Å². The Morgan fingerprint density at radius 1 is 1.00 bits per heavy atom. The second kappa shape index (κ2) is 5.31. The molecule has 4 heteroatoms. The predicted molar refractivity (Wildman–Crippen MR) is 80.7 cm³/mol. The minimum absolute atomic E-state index is 0.258. The zero-order chi connectivity index (χ0) is 13.9. The Morgan fingerprint density at radius 2 is 1.75 bits per heavy atom. The highest BCUT2D eigenvalue weighted by Gasteiger charge is 2.03. The van der Waals surface area contributed by atoms with E-state index in [2.05, 4.69) is 4.98 Å². The summed E-state index contributed by atoms with van der Waals surface area (Å²) in [5.41, 5.74) is 1.06. The molecule has 0 saturated carbocycles. The van der Waals surface area contributed by atoms with Crippen LogP contribution in [-0.4, -0.2) is 4.98 Å². The molecule has 0 saturated heterocycles.